The molecule has 1 aromatic rings. The Morgan fingerprint density at radius 3 is 2.57 bits per heavy atom. The highest BCUT2D eigenvalue weighted by molar-refractivity contribution is 7.90. The van der Waals surface area contributed by atoms with Gasteiger partial charge in [0.25, 0.3) is 0 Å². The fourth-order valence-corrected chi connectivity index (χ4v) is 3.18. The first kappa shape index (κ1) is 9.51. The highest BCUT2D eigenvalue weighted by atomic mass is 32.2. The molecule has 0 unspecified atom stereocenters. The van der Waals surface area contributed by atoms with E-state index < -0.39 is 9.84 Å². The summed E-state index contributed by atoms with van der Waals surface area (Å²) in [6, 6.07) is 0.170. The van der Waals surface area contributed by atoms with Gasteiger partial charge in [0, 0.05) is 11.6 Å². The molecular formula is C8H13N3O2S. The first-order valence-corrected chi connectivity index (χ1v) is 6.29. The highest BCUT2D eigenvalue weighted by Crippen LogP contribution is 2.30. The molecule has 0 saturated heterocycles. The molecule has 0 aliphatic carbocycles. The molecule has 2 heterocycles. The SMILES string of the molecule is CC(C)n1nc2c(c1N)CS(=O)(=O)C2. The normalized spacial score (nSPS) is 18.8. The van der Waals surface area contributed by atoms with Crippen molar-refractivity contribution < 1.29 is 8.42 Å². The van der Waals surface area contributed by atoms with Crippen LogP contribution in [0.3, 0.4) is 0 Å². The Morgan fingerprint density at radius 2 is 2.07 bits per heavy atom. The van der Waals surface area contributed by atoms with E-state index in [1.165, 1.54) is 0 Å². The third-order valence-electron chi connectivity index (χ3n) is 2.34. The molecule has 2 N–H and O–H groups in total. The molecule has 6 heteroatoms. The van der Waals surface area contributed by atoms with Crippen LogP contribution in [-0.4, -0.2) is 18.2 Å². The van der Waals surface area contributed by atoms with Crippen LogP contribution >= 0.6 is 0 Å². The van der Waals surface area contributed by atoms with Crippen LogP contribution < -0.4 is 5.73 Å². The maximum absolute atomic E-state index is 11.3. The van der Waals surface area contributed by atoms with Crippen molar-refractivity contribution in [3.05, 3.63) is 11.3 Å². The number of hydrogen-bond acceptors (Lipinski definition) is 4. The van der Waals surface area contributed by atoms with Gasteiger partial charge in [-0.2, -0.15) is 5.10 Å². The molecule has 0 saturated carbocycles. The first-order valence-electron chi connectivity index (χ1n) is 4.47. The largest absolute Gasteiger partial charge is 0.384 e. The summed E-state index contributed by atoms with van der Waals surface area (Å²) in [6.45, 7) is 3.93. The fourth-order valence-electron chi connectivity index (χ4n) is 1.68. The molecule has 0 amide bonds. The molecule has 0 aromatic carbocycles. The van der Waals surface area contributed by atoms with Crippen molar-refractivity contribution in [3.8, 4) is 0 Å². The quantitative estimate of drug-likeness (QED) is 0.738. The molecule has 14 heavy (non-hydrogen) atoms. The minimum atomic E-state index is -2.98. The van der Waals surface area contributed by atoms with Crippen molar-refractivity contribution in [2.24, 2.45) is 0 Å². The summed E-state index contributed by atoms with van der Waals surface area (Å²) in [5, 5.41) is 4.20. The predicted molar refractivity (Wildman–Crippen MR) is 53.4 cm³/mol. The van der Waals surface area contributed by atoms with Crippen LogP contribution in [0.4, 0.5) is 5.82 Å². The molecule has 2 rings (SSSR count). The van der Waals surface area contributed by atoms with E-state index >= 15 is 0 Å². The van der Waals surface area contributed by atoms with Crippen LogP contribution in [0.5, 0.6) is 0 Å². The van der Waals surface area contributed by atoms with Crippen molar-refractivity contribution in [1.29, 1.82) is 0 Å². The molecular weight excluding hydrogens is 202 g/mol. The summed E-state index contributed by atoms with van der Waals surface area (Å²) < 4.78 is 24.2. The van der Waals surface area contributed by atoms with Gasteiger partial charge >= 0.3 is 0 Å². The number of fused-ring (bicyclic) bond motifs is 1. The molecule has 78 valence electrons. The van der Waals surface area contributed by atoms with Crippen LogP contribution in [0.15, 0.2) is 0 Å². The van der Waals surface area contributed by atoms with Crippen LogP contribution in [0.1, 0.15) is 31.1 Å². The van der Waals surface area contributed by atoms with E-state index in [4.69, 9.17) is 5.73 Å². The van der Waals surface area contributed by atoms with Gasteiger partial charge in [0.1, 0.15) is 5.82 Å². The van der Waals surface area contributed by atoms with E-state index in [-0.39, 0.29) is 17.5 Å². The second-order valence-corrected chi connectivity index (χ2v) is 5.95. The van der Waals surface area contributed by atoms with Crippen LogP contribution in [0.2, 0.25) is 0 Å². The van der Waals surface area contributed by atoms with E-state index in [0.29, 0.717) is 17.1 Å². The third kappa shape index (κ3) is 1.30. The van der Waals surface area contributed by atoms with E-state index in [1.54, 1.807) is 4.68 Å². The average molecular weight is 215 g/mol. The van der Waals surface area contributed by atoms with Gasteiger partial charge in [-0.1, -0.05) is 0 Å². The Kier molecular flexibility index (Phi) is 1.85. The molecule has 0 atom stereocenters. The van der Waals surface area contributed by atoms with Gasteiger partial charge in [0.2, 0.25) is 0 Å². The highest BCUT2D eigenvalue weighted by Gasteiger charge is 2.31. The van der Waals surface area contributed by atoms with Crippen molar-refractivity contribution in [2.45, 2.75) is 31.4 Å². The number of hydrogen-bond donors (Lipinski definition) is 1. The summed E-state index contributed by atoms with van der Waals surface area (Å²) >= 11 is 0. The zero-order valence-electron chi connectivity index (χ0n) is 8.19. The fraction of sp³-hybridized carbons (Fsp3) is 0.625. The van der Waals surface area contributed by atoms with Crippen molar-refractivity contribution >= 4 is 15.7 Å². The number of aromatic nitrogens is 2. The third-order valence-corrected chi connectivity index (χ3v) is 3.78. The van der Waals surface area contributed by atoms with Crippen molar-refractivity contribution in [2.75, 3.05) is 5.73 Å². The maximum Gasteiger partial charge on any atom is 0.160 e. The lowest BCUT2D eigenvalue weighted by Crippen LogP contribution is -2.10. The van der Waals surface area contributed by atoms with Gasteiger partial charge in [0.15, 0.2) is 9.84 Å². The van der Waals surface area contributed by atoms with Crippen molar-refractivity contribution in [1.82, 2.24) is 9.78 Å². The summed E-state index contributed by atoms with van der Waals surface area (Å²) in [5.41, 5.74) is 7.13. The van der Waals surface area contributed by atoms with Gasteiger partial charge in [-0.3, -0.25) is 0 Å². The number of nitrogen functional groups attached to an aromatic ring is 1. The second kappa shape index (κ2) is 2.73. The first-order chi connectivity index (χ1) is 6.41. The Hall–Kier alpha value is -1.04. The lowest BCUT2D eigenvalue weighted by atomic mass is 10.3. The molecule has 1 aliphatic heterocycles. The Morgan fingerprint density at radius 1 is 1.43 bits per heavy atom. The second-order valence-electron chi connectivity index (χ2n) is 3.88. The van der Waals surface area contributed by atoms with E-state index in [1.807, 2.05) is 13.8 Å². The number of anilines is 1. The van der Waals surface area contributed by atoms with Gasteiger partial charge in [-0.05, 0) is 13.8 Å². The Labute approximate surface area is 82.8 Å². The maximum atomic E-state index is 11.3. The molecule has 0 spiro atoms. The smallest absolute Gasteiger partial charge is 0.160 e. The Balaban J connectivity index is 2.51. The minimum absolute atomic E-state index is 0.0340. The minimum Gasteiger partial charge on any atom is -0.384 e. The molecule has 1 aliphatic rings. The topological polar surface area (TPSA) is 78.0 Å². The average Bonchev–Trinajstić information content (AvgIpc) is 2.46. The summed E-state index contributed by atoms with van der Waals surface area (Å²) in [7, 11) is -2.98. The number of nitrogens with zero attached hydrogens (tertiary/aromatic N) is 2. The van der Waals surface area contributed by atoms with E-state index in [2.05, 4.69) is 5.10 Å². The van der Waals surface area contributed by atoms with Gasteiger partial charge in [-0.25, -0.2) is 13.1 Å². The lowest BCUT2D eigenvalue weighted by molar-refractivity contribution is 0.534. The zero-order valence-corrected chi connectivity index (χ0v) is 9.00. The number of nitrogens with two attached hydrogens (primary N) is 1. The number of rotatable bonds is 1. The molecule has 1 aromatic heterocycles. The van der Waals surface area contributed by atoms with Gasteiger partial charge < -0.3 is 5.73 Å². The lowest BCUT2D eigenvalue weighted by Gasteiger charge is -2.08. The van der Waals surface area contributed by atoms with Crippen LogP contribution in [0, 0.1) is 0 Å². The zero-order chi connectivity index (χ0) is 10.5. The van der Waals surface area contributed by atoms with E-state index in [9.17, 15) is 8.42 Å². The molecule has 5 nitrogen and oxygen atoms in total. The number of sulfone groups is 1. The molecule has 0 fully saturated rings. The summed E-state index contributed by atoms with van der Waals surface area (Å²) in [5.74, 6) is 0.573. The summed E-state index contributed by atoms with van der Waals surface area (Å²) in [4.78, 5) is 0. The predicted octanol–water partition coefficient (Wildman–Crippen LogP) is 0.475. The van der Waals surface area contributed by atoms with Gasteiger partial charge in [0.05, 0.1) is 17.2 Å². The van der Waals surface area contributed by atoms with Crippen molar-refractivity contribution in [3.63, 3.8) is 0 Å². The van der Waals surface area contributed by atoms with Crippen LogP contribution in [0.25, 0.3) is 0 Å². The molecule has 0 bridgehead atoms. The molecule has 0 radical (unpaired) electrons. The standard InChI is InChI=1S/C8H13N3O2S/c1-5(2)11-8(9)6-3-14(12,13)4-7(6)10-11/h5H,3-4,9H2,1-2H3. The summed E-state index contributed by atoms with van der Waals surface area (Å²) in [6.07, 6.45) is 0. The van der Waals surface area contributed by atoms with Gasteiger partial charge in [-0.15, -0.1) is 0 Å². The Bertz CT molecular complexity index is 473. The van der Waals surface area contributed by atoms with E-state index in [0.717, 1.165) is 0 Å². The van der Waals surface area contributed by atoms with Crippen LogP contribution in [-0.2, 0) is 21.3 Å². The monoisotopic (exact) mass is 215 g/mol.